The quantitative estimate of drug-likeness (QED) is 0.371. The molecule has 39 heavy (non-hydrogen) atoms. The number of alkyl carbamates (subject to hydrolysis) is 1. The normalized spacial score (nSPS) is 12.5. The smallest absolute Gasteiger partial charge is 0.407 e. The maximum absolute atomic E-state index is 14.0. The average molecular weight is 564 g/mol. The summed E-state index contributed by atoms with van der Waals surface area (Å²) in [4.78, 5) is 44.0. The molecule has 0 saturated heterocycles. The van der Waals surface area contributed by atoms with Crippen LogP contribution in [-0.4, -0.2) is 49.1 Å². The summed E-state index contributed by atoms with van der Waals surface area (Å²) in [6, 6.07) is 6.58. The predicted octanol–water partition coefficient (Wildman–Crippen LogP) is 4.84. The lowest BCUT2D eigenvalue weighted by Crippen LogP contribution is -2.44. The molecule has 0 fully saturated rings. The molecular weight excluding hydrogens is 533 g/mol. The number of carbonyl (C=O) groups is 2. The number of benzene rings is 1. The van der Waals surface area contributed by atoms with Gasteiger partial charge in [0, 0.05) is 11.8 Å². The summed E-state index contributed by atoms with van der Waals surface area (Å²) in [5.41, 5.74) is -1.51. The molecule has 0 unspecified atom stereocenters. The minimum absolute atomic E-state index is 0.128. The third-order valence-corrected chi connectivity index (χ3v) is 4.95. The SMILES string of the molecule is CC(C)(C)OC(=O)C[C@@H](Cn1nc(-c2ccc(Oc3ncc(Cl)cc3F)cc2)[nH]c1=O)NC(=O)OC(C)(C)C. The van der Waals surface area contributed by atoms with Gasteiger partial charge in [-0.2, -0.15) is 0 Å². The van der Waals surface area contributed by atoms with Crippen molar-refractivity contribution in [1.29, 1.82) is 0 Å². The Bertz CT molecular complexity index is 1350. The van der Waals surface area contributed by atoms with Crippen LogP contribution in [0.25, 0.3) is 11.4 Å². The molecule has 0 spiro atoms. The van der Waals surface area contributed by atoms with Gasteiger partial charge in [-0.25, -0.2) is 23.6 Å². The first kappa shape index (κ1) is 29.6. The second kappa shape index (κ2) is 11.9. The molecule has 0 aliphatic heterocycles. The first-order chi connectivity index (χ1) is 18.1. The zero-order valence-corrected chi connectivity index (χ0v) is 23.3. The summed E-state index contributed by atoms with van der Waals surface area (Å²) in [6.07, 6.45) is 0.299. The molecule has 2 N–H and O–H groups in total. The van der Waals surface area contributed by atoms with Gasteiger partial charge in [0.15, 0.2) is 11.6 Å². The van der Waals surface area contributed by atoms with Gasteiger partial charge >= 0.3 is 17.8 Å². The maximum atomic E-state index is 14.0. The van der Waals surface area contributed by atoms with E-state index in [1.165, 1.54) is 6.20 Å². The molecule has 1 amide bonds. The number of ether oxygens (including phenoxy) is 3. The molecular formula is C26H31ClFN5O6. The average Bonchev–Trinajstić information content (AvgIpc) is 3.13. The third-order valence-electron chi connectivity index (χ3n) is 4.74. The summed E-state index contributed by atoms with van der Waals surface area (Å²) in [5, 5.41) is 7.06. The highest BCUT2D eigenvalue weighted by atomic mass is 35.5. The number of hydrogen-bond acceptors (Lipinski definition) is 8. The summed E-state index contributed by atoms with van der Waals surface area (Å²) in [6.45, 7) is 10.2. The number of amides is 1. The highest BCUT2D eigenvalue weighted by Gasteiger charge is 2.26. The second-order valence-electron chi connectivity index (χ2n) is 10.7. The van der Waals surface area contributed by atoms with Crippen molar-refractivity contribution in [3.8, 4) is 23.0 Å². The van der Waals surface area contributed by atoms with E-state index in [2.05, 4.69) is 20.4 Å². The fourth-order valence-corrected chi connectivity index (χ4v) is 3.45. The van der Waals surface area contributed by atoms with Crippen LogP contribution < -0.4 is 15.7 Å². The van der Waals surface area contributed by atoms with E-state index >= 15 is 0 Å². The van der Waals surface area contributed by atoms with Crippen molar-refractivity contribution >= 4 is 23.7 Å². The van der Waals surface area contributed by atoms with Gasteiger partial charge in [-0.05, 0) is 71.9 Å². The number of H-pyrrole nitrogens is 1. The Morgan fingerprint density at radius 3 is 2.33 bits per heavy atom. The molecule has 0 bridgehead atoms. The summed E-state index contributed by atoms with van der Waals surface area (Å²) >= 11 is 5.71. The second-order valence-corrected chi connectivity index (χ2v) is 11.1. The molecule has 11 nitrogen and oxygen atoms in total. The summed E-state index contributed by atoms with van der Waals surface area (Å²) in [7, 11) is 0. The van der Waals surface area contributed by atoms with Crippen LogP contribution >= 0.6 is 11.6 Å². The van der Waals surface area contributed by atoms with Gasteiger partial charge in [0.2, 0.25) is 0 Å². The zero-order valence-electron chi connectivity index (χ0n) is 22.5. The number of halogens is 2. The van der Waals surface area contributed by atoms with Gasteiger partial charge in [-0.3, -0.25) is 9.78 Å². The monoisotopic (exact) mass is 563 g/mol. The lowest BCUT2D eigenvalue weighted by atomic mass is 10.1. The lowest BCUT2D eigenvalue weighted by molar-refractivity contribution is -0.155. The molecule has 13 heteroatoms. The van der Waals surface area contributed by atoms with Crippen LogP contribution in [0.1, 0.15) is 48.0 Å². The van der Waals surface area contributed by atoms with Crippen LogP contribution in [0.2, 0.25) is 5.02 Å². The molecule has 0 saturated carbocycles. The van der Waals surface area contributed by atoms with Crippen molar-refractivity contribution in [2.75, 3.05) is 0 Å². The molecule has 0 aliphatic rings. The highest BCUT2D eigenvalue weighted by Crippen LogP contribution is 2.26. The number of aromatic amines is 1. The Labute approximate surface area is 229 Å². The van der Waals surface area contributed by atoms with Gasteiger partial charge in [0.1, 0.15) is 17.0 Å². The highest BCUT2D eigenvalue weighted by molar-refractivity contribution is 6.30. The fraction of sp³-hybridized carbons (Fsp3) is 0.423. The third kappa shape index (κ3) is 9.40. The van der Waals surface area contributed by atoms with Crippen LogP contribution in [0.4, 0.5) is 9.18 Å². The zero-order chi connectivity index (χ0) is 29.0. The number of esters is 1. The first-order valence-corrected chi connectivity index (χ1v) is 12.4. The van der Waals surface area contributed by atoms with E-state index in [1.54, 1.807) is 65.8 Å². The summed E-state index contributed by atoms with van der Waals surface area (Å²) in [5.74, 6) is -0.979. The number of aromatic nitrogens is 4. The van der Waals surface area contributed by atoms with Gasteiger partial charge in [-0.15, -0.1) is 5.10 Å². The van der Waals surface area contributed by atoms with Crippen LogP contribution in [0.5, 0.6) is 11.6 Å². The molecule has 210 valence electrons. The topological polar surface area (TPSA) is 137 Å². The Morgan fingerprint density at radius 2 is 1.74 bits per heavy atom. The largest absolute Gasteiger partial charge is 0.460 e. The Morgan fingerprint density at radius 1 is 1.10 bits per heavy atom. The van der Waals surface area contributed by atoms with Gasteiger partial charge in [-0.1, -0.05) is 11.6 Å². The number of hydrogen-bond donors (Lipinski definition) is 2. The minimum atomic E-state index is -0.846. The molecule has 1 atom stereocenters. The van der Waals surface area contributed by atoms with Crippen molar-refractivity contribution in [3.05, 3.63) is 57.9 Å². The maximum Gasteiger partial charge on any atom is 0.407 e. The van der Waals surface area contributed by atoms with E-state index in [1.807, 2.05) is 0 Å². The standard InChI is InChI=1S/C26H31ClFN5O6/c1-25(2,3)38-20(34)12-17(30-24(36)39-26(4,5)6)14-33-23(35)31-21(32-33)15-7-9-18(10-8-15)37-22-19(28)11-16(27)13-29-22/h7-11,13,17H,12,14H2,1-6H3,(H,30,36)(H,31,32,35)/t17-/m0/s1. The van der Waals surface area contributed by atoms with E-state index in [9.17, 15) is 18.8 Å². The molecule has 3 rings (SSSR count). The van der Waals surface area contributed by atoms with Crippen molar-refractivity contribution in [1.82, 2.24) is 25.1 Å². The van der Waals surface area contributed by atoms with Gasteiger partial charge in [0.25, 0.3) is 5.88 Å². The van der Waals surface area contributed by atoms with E-state index in [0.29, 0.717) is 11.3 Å². The number of nitrogens with one attached hydrogen (secondary N) is 2. The van der Waals surface area contributed by atoms with E-state index in [4.69, 9.17) is 25.8 Å². The van der Waals surface area contributed by atoms with Crippen molar-refractivity contribution in [3.63, 3.8) is 0 Å². The minimum Gasteiger partial charge on any atom is -0.460 e. The van der Waals surface area contributed by atoms with Crippen molar-refractivity contribution in [2.45, 2.75) is 71.8 Å². The number of rotatable bonds is 8. The first-order valence-electron chi connectivity index (χ1n) is 12.1. The Balaban J connectivity index is 1.76. The molecule has 1 aromatic carbocycles. The van der Waals surface area contributed by atoms with E-state index in [-0.39, 0.29) is 29.7 Å². The van der Waals surface area contributed by atoms with Gasteiger partial charge < -0.3 is 19.5 Å². The molecule has 2 heterocycles. The Kier molecular flexibility index (Phi) is 9.00. The molecule has 0 radical (unpaired) electrons. The van der Waals surface area contributed by atoms with Crippen LogP contribution in [0, 0.1) is 5.82 Å². The van der Waals surface area contributed by atoms with Crippen LogP contribution in [0.15, 0.2) is 41.3 Å². The number of pyridine rings is 1. The fourth-order valence-electron chi connectivity index (χ4n) is 3.31. The van der Waals surface area contributed by atoms with Crippen LogP contribution in [0.3, 0.4) is 0 Å². The predicted molar refractivity (Wildman–Crippen MR) is 141 cm³/mol. The van der Waals surface area contributed by atoms with Crippen molar-refractivity contribution in [2.24, 2.45) is 0 Å². The van der Waals surface area contributed by atoms with Crippen LogP contribution in [-0.2, 0) is 20.8 Å². The summed E-state index contributed by atoms with van der Waals surface area (Å²) < 4.78 is 31.2. The van der Waals surface area contributed by atoms with Gasteiger partial charge in [0.05, 0.1) is 24.0 Å². The molecule has 2 aromatic heterocycles. The number of carbonyl (C=O) groups excluding carboxylic acids is 2. The molecule has 0 aliphatic carbocycles. The van der Waals surface area contributed by atoms with E-state index in [0.717, 1.165) is 10.7 Å². The van der Waals surface area contributed by atoms with Crippen molar-refractivity contribution < 1.29 is 28.2 Å². The Hall–Kier alpha value is -3.93. The number of nitrogens with zero attached hydrogens (tertiary/aromatic N) is 3. The van der Waals surface area contributed by atoms with E-state index < -0.39 is 40.8 Å². The molecule has 3 aromatic rings. The lowest BCUT2D eigenvalue weighted by Gasteiger charge is -2.24.